The van der Waals surface area contributed by atoms with E-state index in [-0.39, 0.29) is 11.5 Å². The van der Waals surface area contributed by atoms with Crippen molar-refractivity contribution >= 4 is 45.8 Å². The maximum Gasteiger partial charge on any atom is 0.259 e. The Morgan fingerprint density at radius 3 is 2.62 bits per heavy atom. The number of carbonyl (C=O) groups is 1. The van der Waals surface area contributed by atoms with Gasteiger partial charge < -0.3 is 4.74 Å². The molecule has 0 radical (unpaired) electrons. The predicted molar refractivity (Wildman–Crippen MR) is 96.3 cm³/mol. The lowest BCUT2D eigenvalue weighted by molar-refractivity contribution is 0.102. The van der Waals surface area contributed by atoms with E-state index in [9.17, 15) is 4.79 Å². The van der Waals surface area contributed by atoms with E-state index in [4.69, 9.17) is 27.9 Å². The molecule has 1 heterocycles. The first kappa shape index (κ1) is 16.7. The number of ether oxygens (including phenoxy) is 1. The average molecular weight is 380 g/mol. The van der Waals surface area contributed by atoms with Crippen molar-refractivity contribution in [3.05, 3.63) is 58.1 Å². The van der Waals surface area contributed by atoms with Crippen LogP contribution >= 0.6 is 34.7 Å². The molecule has 0 bridgehead atoms. The summed E-state index contributed by atoms with van der Waals surface area (Å²) in [5.74, 6) is 0.883. The number of nitrogens with one attached hydrogen (secondary N) is 1. The molecule has 24 heavy (non-hydrogen) atoms. The van der Waals surface area contributed by atoms with E-state index in [1.807, 2.05) is 24.3 Å². The third-order valence-electron chi connectivity index (χ3n) is 3.17. The summed E-state index contributed by atoms with van der Waals surface area (Å²) < 4.78 is 9.36. The number of benzene rings is 2. The molecule has 2 aromatic carbocycles. The summed E-state index contributed by atoms with van der Waals surface area (Å²) in [6.07, 6.45) is 0. The van der Waals surface area contributed by atoms with Crippen LogP contribution in [0.1, 0.15) is 10.4 Å². The zero-order valence-corrected chi connectivity index (χ0v) is 14.7. The first-order valence-corrected chi connectivity index (χ1v) is 8.34. The van der Waals surface area contributed by atoms with Gasteiger partial charge in [-0.25, -0.2) is 0 Å². The number of hydrogen-bond donors (Lipinski definition) is 1. The number of carbonyl (C=O) groups excluding carboxylic acids is 1. The second-order valence-electron chi connectivity index (χ2n) is 4.73. The van der Waals surface area contributed by atoms with E-state index >= 15 is 0 Å². The van der Waals surface area contributed by atoms with Gasteiger partial charge in [-0.05, 0) is 42.5 Å². The molecule has 122 valence electrons. The quantitative estimate of drug-likeness (QED) is 0.708. The number of aromatic nitrogens is 2. The molecule has 1 aromatic heterocycles. The Kier molecular flexibility index (Phi) is 4.99. The van der Waals surface area contributed by atoms with E-state index in [2.05, 4.69) is 14.7 Å². The summed E-state index contributed by atoms with van der Waals surface area (Å²) >= 11 is 13.0. The van der Waals surface area contributed by atoms with Crippen LogP contribution in [0, 0.1) is 0 Å². The Balaban J connectivity index is 1.78. The van der Waals surface area contributed by atoms with Gasteiger partial charge in [0.1, 0.15) is 5.75 Å². The molecule has 0 aliphatic carbocycles. The van der Waals surface area contributed by atoms with Gasteiger partial charge in [0.25, 0.3) is 5.91 Å². The van der Waals surface area contributed by atoms with Crippen molar-refractivity contribution in [3.8, 4) is 17.1 Å². The van der Waals surface area contributed by atoms with Crippen LogP contribution in [0.2, 0.25) is 10.0 Å². The Morgan fingerprint density at radius 2 is 1.92 bits per heavy atom. The van der Waals surface area contributed by atoms with Gasteiger partial charge in [-0.15, -0.1) is 0 Å². The summed E-state index contributed by atoms with van der Waals surface area (Å²) in [5, 5.41) is 3.80. The van der Waals surface area contributed by atoms with Gasteiger partial charge in [-0.1, -0.05) is 23.2 Å². The van der Waals surface area contributed by atoms with Crippen LogP contribution in [0.4, 0.5) is 5.13 Å². The van der Waals surface area contributed by atoms with Crippen LogP contribution in [0.3, 0.4) is 0 Å². The molecule has 0 atom stereocenters. The highest BCUT2D eigenvalue weighted by molar-refractivity contribution is 7.10. The van der Waals surface area contributed by atoms with E-state index in [0.29, 0.717) is 21.0 Å². The molecule has 3 aromatic rings. The van der Waals surface area contributed by atoms with Crippen molar-refractivity contribution in [1.82, 2.24) is 9.36 Å². The van der Waals surface area contributed by atoms with Gasteiger partial charge in [0.2, 0.25) is 5.13 Å². The molecular weight excluding hydrogens is 369 g/mol. The largest absolute Gasteiger partial charge is 0.497 e. The summed E-state index contributed by atoms with van der Waals surface area (Å²) in [4.78, 5) is 16.6. The van der Waals surface area contributed by atoms with Crippen molar-refractivity contribution in [1.29, 1.82) is 0 Å². The fraction of sp³-hybridized carbons (Fsp3) is 0.0625. The van der Waals surface area contributed by atoms with Crippen molar-refractivity contribution in [2.45, 2.75) is 0 Å². The van der Waals surface area contributed by atoms with E-state index < -0.39 is 0 Å². The number of amides is 1. The van der Waals surface area contributed by atoms with Crippen molar-refractivity contribution < 1.29 is 9.53 Å². The Bertz CT molecular complexity index is 881. The number of rotatable bonds is 4. The molecule has 1 N–H and O–H groups in total. The van der Waals surface area contributed by atoms with Crippen LogP contribution < -0.4 is 10.1 Å². The predicted octanol–water partition coefficient (Wildman–Crippen LogP) is 4.77. The molecule has 1 amide bonds. The molecule has 0 saturated carbocycles. The summed E-state index contributed by atoms with van der Waals surface area (Å²) in [5.41, 5.74) is 1.11. The maximum absolute atomic E-state index is 12.3. The van der Waals surface area contributed by atoms with Gasteiger partial charge in [0.05, 0.1) is 17.7 Å². The van der Waals surface area contributed by atoms with Crippen molar-refractivity contribution in [2.24, 2.45) is 0 Å². The van der Waals surface area contributed by atoms with Gasteiger partial charge in [-0.3, -0.25) is 10.1 Å². The van der Waals surface area contributed by atoms with Crippen LogP contribution in [0.25, 0.3) is 11.4 Å². The lowest BCUT2D eigenvalue weighted by Gasteiger charge is -2.04. The fourth-order valence-corrected chi connectivity index (χ4v) is 2.93. The lowest BCUT2D eigenvalue weighted by Crippen LogP contribution is -2.12. The van der Waals surface area contributed by atoms with Gasteiger partial charge in [-0.2, -0.15) is 9.36 Å². The minimum atomic E-state index is -0.389. The Morgan fingerprint density at radius 1 is 1.17 bits per heavy atom. The Labute approximate surface area is 152 Å². The first-order chi connectivity index (χ1) is 11.6. The van der Waals surface area contributed by atoms with Crippen molar-refractivity contribution in [3.63, 3.8) is 0 Å². The molecule has 0 aliphatic rings. The number of halogens is 2. The summed E-state index contributed by atoms with van der Waals surface area (Å²) in [6.45, 7) is 0. The summed E-state index contributed by atoms with van der Waals surface area (Å²) in [6, 6.07) is 12.0. The van der Waals surface area contributed by atoms with Crippen LogP contribution in [0.5, 0.6) is 5.75 Å². The van der Waals surface area contributed by atoms with Crippen LogP contribution in [-0.4, -0.2) is 22.4 Å². The highest BCUT2D eigenvalue weighted by atomic mass is 35.5. The van der Waals surface area contributed by atoms with Crippen LogP contribution in [-0.2, 0) is 0 Å². The minimum absolute atomic E-state index is 0.283. The topological polar surface area (TPSA) is 64.1 Å². The van der Waals surface area contributed by atoms with E-state index in [1.54, 1.807) is 19.2 Å². The average Bonchev–Trinajstić information content (AvgIpc) is 3.05. The van der Waals surface area contributed by atoms with Gasteiger partial charge in [0.15, 0.2) is 5.82 Å². The molecule has 0 unspecified atom stereocenters. The standard InChI is InChI=1S/C16H11Cl2N3O2S/c1-23-11-5-2-9(3-6-11)14-19-16(24-21-14)20-15(22)12-8-10(17)4-7-13(12)18/h2-8H,1H3,(H,19,20,21,22). The molecule has 0 saturated heterocycles. The zero-order chi connectivity index (χ0) is 17.1. The molecule has 0 spiro atoms. The fourth-order valence-electron chi connectivity index (χ4n) is 1.97. The highest BCUT2D eigenvalue weighted by Crippen LogP contribution is 2.25. The zero-order valence-electron chi connectivity index (χ0n) is 12.4. The lowest BCUT2D eigenvalue weighted by atomic mass is 10.2. The molecule has 0 fully saturated rings. The Hall–Kier alpha value is -2.15. The SMILES string of the molecule is COc1ccc(-c2nsc(NC(=O)c3cc(Cl)ccc3Cl)n2)cc1. The second kappa shape index (κ2) is 7.17. The number of anilines is 1. The molecule has 8 heteroatoms. The smallest absolute Gasteiger partial charge is 0.259 e. The molecule has 0 aliphatic heterocycles. The number of methoxy groups -OCH3 is 1. The molecule has 5 nitrogen and oxygen atoms in total. The van der Waals surface area contributed by atoms with Crippen LogP contribution in [0.15, 0.2) is 42.5 Å². The molecular formula is C16H11Cl2N3O2S. The minimum Gasteiger partial charge on any atom is -0.497 e. The number of nitrogens with zero attached hydrogens (tertiary/aromatic N) is 2. The number of hydrogen-bond acceptors (Lipinski definition) is 5. The molecule has 3 rings (SSSR count). The van der Waals surface area contributed by atoms with Crippen molar-refractivity contribution in [2.75, 3.05) is 12.4 Å². The van der Waals surface area contributed by atoms with Gasteiger partial charge >= 0.3 is 0 Å². The normalized spacial score (nSPS) is 10.5. The van der Waals surface area contributed by atoms with E-state index in [1.165, 1.54) is 6.07 Å². The third-order valence-corrected chi connectivity index (χ3v) is 4.36. The second-order valence-corrected chi connectivity index (χ2v) is 6.33. The van der Waals surface area contributed by atoms with E-state index in [0.717, 1.165) is 22.8 Å². The summed E-state index contributed by atoms with van der Waals surface area (Å²) in [7, 11) is 1.60. The first-order valence-electron chi connectivity index (χ1n) is 6.81. The monoisotopic (exact) mass is 379 g/mol. The highest BCUT2D eigenvalue weighted by Gasteiger charge is 2.14. The third kappa shape index (κ3) is 3.67. The van der Waals surface area contributed by atoms with Gasteiger partial charge in [0, 0.05) is 22.1 Å². The maximum atomic E-state index is 12.3.